The fourth-order valence-corrected chi connectivity index (χ4v) is 2.13. The van der Waals surface area contributed by atoms with Gasteiger partial charge in [-0.2, -0.15) is 4.98 Å². The van der Waals surface area contributed by atoms with Gasteiger partial charge >= 0.3 is 0 Å². The number of carbonyl (C=O) groups excluding carboxylic acids is 1. The molecule has 0 radical (unpaired) electrons. The number of nitrogen functional groups attached to an aromatic ring is 1. The van der Waals surface area contributed by atoms with Crippen molar-refractivity contribution in [2.75, 3.05) is 30.8 Å². The van der Waals surface area contributed by atoms with E-state index in [1.807, 2.05) is 11.8 Å². The summed E-state index contributed by atoms with van der Waals surface area (Å²) < 4.78 is 5.05. The first-order valence-corrected chi connectivity index (χ1v) is 5.67. The van der Waals surface area contributed by atoms with Crippen LogP contribution >= 0.6 is 0 Å². The summed E-state index contributed by atoms with van der Waals surface area (Å²) in [6.45, 7) is 3.04. The van der Waals surface area contributed by atoms with E-state index < -0.39 is 5.41 Å². The van der Waals surface area contributed by atoms with Gasteiger partial charge in [0.2, 0.25) is 11.8 Å². The Morgan fingerprint density at radius 1 is 1.56 bits per heavy atom. The SMILES string of the molecule is COc1ncnc(N2CCC(C)(C(N)=O)C2)c1N. The zero-order chi connectivity index (χ0) is 13.3. The Morgan fingerprint density at radius 3 is 2.83 bits per heavy atom. The molecule has 1 fully saturated rings. The summed E-state index contributed by atoms with van der Waals surface area (Å²) >= 11 is 0. The lowest BCUT2D eigenvalue weighted by molar-refractivity contribution is -0.125. The van der Waals surface area contributed by atoms with E-state index in [1.165, 1.54) is 13.4 Å². The fraction of sp³-hybridized carbons (Fsp3) is 0.545. The first-order valence-electron chi connectivity index (χ1n) is 5.67. The quantitative estimate of drug-likeness (QED) is 0.768. The van der Waals surface area contributed by atoms with E-state index in [0.29, 0.717) is 36.9 Å². The molecule has 2 heterocycles. The molecule has 18 heavy (non-hydrogen) atoms. The van der Waals surface area contributed by atoms with E-state index in [9.17, 15) is 4.79 Å². The predicted molar refractivity (Wildman–Crippen MR) is 67.1 cm³/mol. The molecule has 0 aromatic carbocycles. The zero-order valence-electron chi connectivity index (χ0n) is 10.5. The number of rotatable bonds is 3. The van der Waals surface area contributed by atoms with Crippen LogP contribution in [0.3, 0.4) is 0 Å². The van der Waals surface area contributed by atoms with Gasteiger partial charge in [-0.3, -0.25) is 4.79 Å². The molecule has 4 N–H and O–H groups in total. The highest BCUT2D eigenvalue weighted by Crippen LogP contribution is 2.36. The van der Waals surface area contributed by atoms with Gasteiger partial charge in [0.05, 0.1) is 12.5 Å². The van der Waals surface area contributed by atoms with Crippen LogP contribution in [0.1, 0.15) is 13.3 Å². The van der Waals surface area contributed by atoms with Crippen molar-refractivity contribution in [3.05, 3.63) is 6.33 Å². The van der Waals surface area contributed by atoms with Crippen LogP contribution in [0.5, 0.6) is 5.88 Å². The van der Waals surface area contributed by atoms with E-state index in [-0.39, 0.29) is 5.91 Å². The van der Waals surface area contributed by atoms with Gasteiger partial charge < -0.3 is 21.1 Å². The number of hydrogen-bond acceptors (Lipinski definition) is 6. The van der Waals surface area contributed by atoms with Gasteiger partial charge in [0.25, 0.3) is 0 Å². The molecule has 7 heteroatoms. The monoisotopic (exact) mass is 251 g/mol. The maximum Gasteiger partial charge on any atom is 0.242 e. The van der Waals surface area contributed by atoms with Crippen molar-refractivity contribution >= 4 is 17.4 Å². The number of hydrogen-bond donors (Lipinski definition) is 2. The lowest BCUT2D eigenvalue weighted by Gasteiger charge is -2.22. The summed E-state index contributed by atoms with van der Waals surface area (Å²) in [4.78, 5) is 21.4. The third-order valence-electron chi connectivity index (χ3n) is 3.39. The van der Waals surface area contributed by atoms with Gasteiger partial charge in [-0.05, 0) is 13.3 Å². The van der Waals surface area contributed by atoms with Crippen molar-refractivity contribution < 1.29 is 9.53 Å². The molecule has 0 spiro atoms. The van der Waals surface area contributed by atoms with Crippen molar-refractivity contribution in [2.24, 2.45) is 11.1 Å². The maximum atomic E-state index is 11.4. The largest absolute Gasteiger partial charge is 0.479 e. The normalized spacial score (nSPS) is 23.1. The number of anilines is 2. The Bertz CT molecular complexity index is 479. The standard InChI is InChI=1S/C11H17N5O2/c1-11(10(13)17)3-4-16(5-11)8-7(12)9(18-2)15-6-14-8/h6H,3-5,12H2,1-2H3,(H2,13,17). The Balaban J connectivity index is 2.27. The first kappa shape index (κ1) is 12.4. The highest BCUT2D eigenvalue weighted by Gasteiger charge is 2.40. The molecular formula is C11H17N5O2. The van der Waals surface area contributed by atoms with E-state index in [2.05, 4.69) is 9.97 Å². The van der Waals surface area contributed by atoms with Gasteiger partial charge in [-0.15, -0.1) is 0 Å². The van der Waals surface area contributed by atoms with Crippen LogP contribution in [0.15, 0.2) is 6.33 Å². The average molecular weight is 251 g/mol. The van der Waals surface area contributed by atoms with Gasteiger partial charge in [0.15, 0.2) is 5.82 Å². The first-order chi connectivity index (χ1) is 8.48. The molecule has 2 rings (SSSR count). The molecule has 1 amide bonds. The molecule has 0 aliphatic carbocycles. The molecular weight excluding hydrogens is 234 g/mol. The lowest BCUT2D eigenvalue weighted by Crippen LogP contribution is -2.37. The predicted octanol–water partition coefficient (Wildman–Crippen LogP) is -0.231. The van der Waals surface area contributed by atoms with Gasteiger partial charge in [0, 0.05) is 13.1 Å². The third kappa shape index (κ3) is 1.92. The van der Waals surface area contributed by atoms with Crippen LogP contribution in [0.4, 0.5) is 11.5 Å². The van der Waals surface area contributed by atoms with Crippen LogP contribution < -0.4 is 21.1 Å². The summed E-state index contributed by atoms with van der Waals surface area (Å²) in [6.07, 6.45) is 2.08. The maximum absolute atomic E-state index is 11.4. The molecule has 0 saturated carbocycles. The summed E-state index contributed by atoms with van der Waals surface area (Å²) in [5, 5.41) is 0. The Morgan fingerprint density at radius 2 is 2.28 bits per heavy atom. The molecule has 1 aliphatic rings. The van der Waals surface area contributed by atoms with E-state index >= 15 is 0 Å². The Kier molecular flexibility index (Phi) is 2.98. The lowest BCUT2D eigenvalue weighted by atomic mass is 9.89. The van der Waals surface area contributed by atoms with E-state index in [4.69, 9.17) is 16.2 Å². The second-order valence-electron chi connectivity index (χ2n) is 4.72. The minimum Gasteiger partial charge on any atom is -0.479 e. The zero-order valence-corrected chi connectivity index (χ0v) is 10.5. The molecule has 1 aromatic heterocycles. The average Bonchev–Trinajstić information content (AvgIpc) is 2.73. The third-order valence-corrected chi connectivity index (χ3v) is 3.39. The van der Waals surface area contributed by atoms with Crippen LogP contribution in [-0.2, 0) is 4.79 Å². The molecule has 0 bridgehead atoms. The summed E-state index contributed by atoms with van der Waals surface area (Å²) in [6, 6.07) is 0. The van der Waals surface area contributed by atoms with Gasteiger partial charge in [-0.25, -0.2) is 4.98 Å². The molecule has 1 aromatic rings. The number of primary amides is 1. The summed E-state index contributed by atoms with van der Waals surface area (Å²) in [5.41, 5.74) is 11.2. The van der Waals surface area contributed by atoms with Gasteiger partial charge in [-0.1, -0.05) is 0 Å². The van der Waals surface area contributed by atoms with Gasteiger partial charge in [0.1, 0.15) is 12.0 Å². The summed E-state index contributed by atoms with van der Waals surface area (Å²) in [5.74, 6) is 0.629. The number of methoxy groups -OCH3 is 1. The van der Waals surface area contributed by atoms with E-state index in [1.54, 1.807) is 0 Å². The smallest absolute Gasteiger partial charge is 0.242 e. The topological polar surface area (TPSA) is 107 Å². The van der Waals surface area contributed by atoms with Crippen LogP contribution in [0.25, 0.3) is 0 Å². The fourth-order valence-electron chi connectivity index (χ4n) is 2.13. The minimum atomic E-state index is -0.537. The number of carbonyl (C=O) groups is 1. The molecule has 1 saturated heterocycles. The number of amides is 1. The Labute approximate surface area is 105 Å². The van der Waals surface area contributed by atoms with Crippen molar-refractivity contribution in [1.82, 2.24) is 9.97 Å². The number of nitrogens with two attached hydrogens (primary N) is 2. The molecule has 7 nitrogen and oxygen atoms in total. The minimum absolute atomic E-state index is 0.301. The van der Waals surface area contributed by atoms with Crippen LogP contribution in [-0.4, -0.2) is 36.1 Å². The number of ether oxygens (including phenoxy) is 1. The van der Waals surface area contributed by atoms with Crippen molar-refractivity contribution in [3.8, 4) is 5.88 Å². The van der Waals surface area contributed by atoms with Crippen molar-refractivity contribution in [3.63, 3.8) is 0 Å². The molecule has 1 unspecified atom stereocenters. The molecule has 98 valence electrons. The second-order valence-corrected chi connectivity index (χ2v) is 4.72. The number of nitrogens with zero attached hydrogens (tertiary/aromatic N) is 3. The molecule has 1 aliphatic heterocycles. The molecule has 1 atom stereocenters. The Hall–Kier alpha value is -2.05. The summed E-state index contributed by atoms with van der Waals surface area (Å²) in [7, 11) is 1.50. The van der Waals surface area contributed by atoms with Crippen molar-refractivity contribution in [1.29, 1.82) is 0 Å². The highest BCUT2D eigenvalue weighted by atomic mass is 16.5. The number of aromatic nitrogens is 2. The van der Waals surface area contributed by atoms with Crippen LogP contribution in [0, 0.1) is 5.41 Å². The van der Waals surface area contributed by atoms with Crippen LogP contribution in [0.2, 0.25) is 0 Å². The van der Waals surface area contributed by atoms with Crippen molar-refractivity contribution in [2.45, 2.75) is 13.3 Å². The van der Waals surface area contributed by atoms with E-state index in [0.717, 1.165) is 0 Å². The highest BCUT2D eigenvalue weighted by molar-refractivity contribution is 5.82. The second kappa shape index (κ2) is 4.32.